The van der Waals surface area contributed by atoms with Gasteiger partial charge in [-0.15, -0.1) is 0 Å². The van der Waals surface area contributed by atoms with Gasteiger partial charge in [-0.25, -0.2) is 0 Å². The number of ketones is 1. The first-order valence-corrected chi connectivity index (χ1v) is 6.48. The Morgan fingerprint density at radius 1 is 1.53 bits per heavy atom. The molecule has 3 heteroatoms. The van der Waals surface area contributed by atoms with E-state index in [0.717, 1.165) is 18.8 Å². The quantitative estimate of drug-likeness (QED) is 0.735. The number of Topliss-reactive ketones (excluding diaryl/α,β-unsaturated/α-hetero) is 1. The molecule has 0 amide bonds. The molecular formula is C14H20O3. The summed E-state index contributed by atoms with van der Waals surface area (Å²) in [6, 6.07) is 3.41. The Balaban J connectivity index is 1.76. The van der Waals surface area contributed by atoms with Crippen LogP contribution in [0.4, 0.5) is 0 Å². The van der Waals surface area contributed by atoms with Gasteiger partial charge in [0.15, 0.2) is 5.76 Å². The van der Waals surface area contributed by atoms with Gasteiger partial charge < -0.3 is 9.15 Å². The molecule has 2 rings (SSSR count). The average molecular weight is 236 g/mol. The second-order valence-corrected chi connectivity index (χ2v) is 4.77. The van der Waals surface area contributed by atoms with Crippen molar-refractivity contribution in [1.82, 2.24) is 0 Å². The number of hydrogen-bond acceptors (Lipinski definition) is 3. The van der Waals surface area contributed by atoms with Crippen LogP contribution in [-0.2, 0) is 4.74 Å². The highest BCUT2D eigenvalue weighted by Crippen LogP contribution is 2.28. The van der Waals surface area contributed by atoms with Crippen molar-refractivity contribution in [3.8, 4) is 0 Å². The van der Waals surface area contributed by atoms with Gasteiger partial charge in [-0.3, -0.25) is 4.79 Å². The van der Waals surface area contributed by atoms with E-state index in [0.29, 0.717) is 5.76 Å². The lowest BCUT2D eigenvalue weighted by Gasteiger charge is -2.28. The van der Waals surface area contributed by atoms with E-state index in [-0.39, 0.29) is 18.5 Å². The highest BCUT2D eigenvalue weighted by Gasteiger charge is 2.22. The zero-order chi connectivity index (χ0) is 12.1. The van der Waals surface area contributed by atoms with Gasteiger partial charge in [-0.05, 0) is 30.9 Å². The van der Waals surface area contributed by atoms with Crippen molar-refractivity contribution >= 4 is 5.78 Å². The molecule has 2 atom stereocenters. The van der Waals surface area contributed by atoms with E-state index >= 15 is 0 Å². The fraction of sp³-hybridized carbons (Fsp3) is 0.643. The van der Waals surface area contributed by atoms with Crippen LogP contribution >= 0.6 is 0 Å². The minimum absolute atomic E-state index is 0.0615. The largest absolute Gasteiger partial charge is 0.461 e. The van der Waals surface area contributed by atoms with Crippen LogP contribution in [0.1, 0.15) is 49.6 Å². The van der Waals surface area contributed by atoms with Crippen LogP contribution in [0.25, 0.3) is 0 Å². The lowest BCUT2D eigenvalue weighted by atomic mass is 9.85. The summed E-state index contributed by atoms with van der Waals surface area (Å²) < 4.78 is 10.7. The molecule has 0 radical (unpaired) electrons. The fourth-order valence-electron chi connectivity index (χ4n) is 2.47. The summed E-state index contributed by atoms with van der Waals surface area (Å²) >= 11 is 0. The maximum Gasteiger partial charge on any atom is 0.223 e. The molecule has 1 heterocycles. The van der Waals surface area contributed by atoms with E-state index in [4.69, 9.17) is 9.15 Å². The molecule has 1 aliphatic rings. The maximum atomic E-state index is 11.7. The van der Waals surface area contributed by atoms with Crippen LogP contribution < -0.4 is 0 Å². The topological polar surface area (TPSA) is 39.4 Å². The molecule has 0 N–H and O–H groups in total. The van der Waals surface area contributed by atoms with Gasteiger partial charge >= 0.3 is 0 Å². The zero-order valence-electron chi connectivity index (χ0n) is 10.4. The first-order valence-electron chi connectivity index (χ1n) is 6.48. The number of carbonyl (C=O) groups is 1. The molecule has 1 fully saturated rings. The van der Waals surface area contributed by atoms with E-state index in [1.807, 2.05) is 0 Å². The zero-order valence-corrected chi connectivity index (χ0v) is 10.4. The third-order valence-corrected chi connectivity index (χ3v) is 3.56. The molecule has 0 spiro atoms. The summed E-state index contributed by atoms with van der Waals surface area (Å²) in [6.07, 6.45) is 7.70. The molecule has 1 aromatic heterocycles. The van der Waals surface area contributed by atoms with E-state index in [9.17, 15) is 4.79 Å². The summed E-state index contributed by atoms with van der Waals surface area (Å²) in [7, 11) is 0. The maximum absolute atomic E-state index is 11.7. The van der Waals surface area contributed by atoms with Crippen LogP contribution in [0.3, 0.4) is 0 Å². The standard InChI is InChI=1S/C14H20O3/c1-2-11-5-3-6-12(9-11)17-10-13(15)14-7-4-8-16-14/h4,7-8,11-12H,2-3,5-6,9-10H2,1H3. The van der Waals surface area contributed by atoms with Crippen molar-refractivity contribution in [2.75, 3.05) is 6.61 Å². The van der Waals surface area contributed by atoms with Crippen molar-refractivity contribution in [2.24, 2.45) is 5.92 Å². The van der Waals surface area contributed by atoms with Crippen molar-refractivity contribution < 1.29 is 13.9 Å². The highest BCUT2D eigenvalue weighted by atomic mass is 16.5. The summed E-state index contributed by atoms with van der Waals surface area (Å²) in [5.74, 6) is 1.11. The Morgan fingerprint density at radius 2 is 2.41 bits per heavy atom. The van der Waals surface area contributed by atoms with Gasteiger partial charge in [0.05, 0.1) is 12.4 Å². The minimum atomic E-state index is -0.0615. The Kier molecular flexibility index (Phi) is 4.37. The van der Waals surface area contributed by atoms with Crippen molar-refractivity contribution in [3.05, 3.63) is 24.2 Å². The Labute approximate surface area is 102 Å². The summed E-state index contributed by atoms with van der Waals surface area (Å²) in [5, 5.41) is 0. The first-order chi connectivity index (χ1) is 8.29. The van der Waals surface area contributed by atoms with Gasteiger partial charge in [0.2, 0.25) is 5.78 Å². The molecule has 0 aliphatic heterocycles. The lowest BCUT2D eigenvalue weighted by Crippen LogP contribution is -2.25. The molecule has 3 nitrogen and oxygen atoms in total. The number of ether oxygens (including phenoxy) is 1. The van der Waals surface area contributed by atoms with Gasteiger partial charge in [0.1, 0.15) is 6.61 Å². The van der Waals surface area contributed by atoms with Crippen LogP contribution in [-0.4, -0.2) is 18.5 Å². The predicted octanol–water partition coefficient (Wildman–Crippen LogP) is 3.45. The molecule has 17 heavy (non-hydrogen) atoms. The second-order valence-electron chi connectivity index (χ2n) is 4.77. The molecular weight excluding hydrogens is 216 g/mol. The van der Waals surface area contributed by atoms with Gasteiger partial charge in [0.25, 0.3) is 0 Å². The van der Waals surface area contributed by atoms with Gasteiger partial charge in [0, 0.05) is 0 Å². The van der Waals surface area contributed by atoms with Crippen molar-refractivity contribution in [1.29, 1.82) is 0 Å². The number of furan rings is 1. The fourth-order valence-corrected chi connectivity index (χ4v) is 2.47. The molecule has 0 bridgehead atoms. The Bertz CT molecular complexity index is 342. The van der Waals surface area contributed by atoms with Crippen molar-refractivity contribution in [3.63, 3.8) is 0 Å². The number of hydrogen-bond donors (Lipinski definition) is 0. The Hall–Kier alpha value is -1.09. The summed E-state index contributed by atoms with van der Waals surface area (Å²) in [5.41, 5.74) is 0. The van der Waals surface area contributed by atoms with Gasteiger partial charge in [-0.1, -0.05) is 26.2 Å². The van der Waals surface area contributed by atoms with Crippen LogP contribution in [0.5, 0.6) is 0 Å². The molecule has 0 aromatic carbocycles. The third-order valence-electron chi connectivity index (χ3n) is 3.56. The van der Waals surface area contributed by atoms with E-state index in [1.54, 1.807) is 12.1 Å². The predicted molar refractivity (Wildman–Crippen MR) is 65.0 cm³/mol. The smallest absolute Gasteiger partial charge is 0.223 e. The molecule has 1 saturated carbocycles. The SMILES string of the molecule is CCC1CCCC(OCC(=O)c2ccco2)C1. The van der Waals surface area contributed by atoms with Crippen LogP contribution in [0.15, 0.2) is 22.8 Å². The monoisotopic (exact) mass is 236 g/mol. The molecule has 2 unspecified atom stereocenters. The summed E-state index contributed by atoms with van der Waals surface area (Å²) in [4.78, 5) is 11.7. The average Bonchev–Trinajstić information content (AvgIpc) is 2.90. The minimum Gasteiger partial charge on any atom is -0.461 e. The molecule has 0 saturated heterocycles. The van der Waals surface area contributed by atoms with Crippen LogP contribution in [0.2, 0.25) is 0 Å². The normalized spacial score (nSPS) is 24.8. The van der Waals surface area contributed by atoms with Crippen LogP contribution in [0, 0.1) is 5.92 Å². The third kappa shape index (κ3) is 3.43. The van der Waals surface area contributed by atoms with E-state index in [2.05, 4.69) is 6.92 Å². The highest BCUT2D eigenvalue weighted by molar-refractivity contribution is 5.94. The molecule has 1 aliphatic carbocycles. The second kappa shape index (κ2) is 6.01. The first kappa shape index (κ1) is 12.4. The number of carbonyl (C=O) groups excluding carboxylic acids is 1. The van der Waals surface area contributed by atoms with Crippen molar-refractivity contribution in [2.45, 2.75) is 45.1 Å². The van der Waals surface area contributed by atoms with E-state index < -0.39 is 0 Å². The number of rotatable bonds is 5. The molecule has 94 valence electrons. The Morgan fingerprint density at radius 3 is 3.12 bits per heavy atom. The lowest BCUT2D eigenvalue weighted by molar-refractivity contribution is 0.0146. The van der Waals surface area contributed by atoms with E-state index in [1.165, 1.54) is 25.5 Å². The van der Waals surface area contributed by atoms with Gasteiger partial charge in [-0.2, -0.15) is 0 Å². The molecule has 1 aromatic rings. The summed E-state index contributed by atoms with van der Waals surface area (Å²) in [6.45, 7) is 2.37.